The lowest BCUT2D eigenvalue weighted by molar-refractivity contribution is 0.123. The topological polar surface area (TPSA) is 68.2 Å². The van der Waals surface area contributed by atoms with Crippen LogP contribution in [0.5, 0.6) is 0 Å². The number of fused-ring (bicyclic) bond motifs is 1. The number of aryl methyl sites for hydroxylation is 1. The van der Waals surface area contributed by atoms with E-state index in [1.165, 1.54) is 11.1 Å². The molecule has 2 aromatic heterocycles. The molecule has 0 fully saturated rings. The maximum Gasteiger partial charge on any atom is 0.233 e. The van der Waals surface area contributed by atoms with Gasteiger partial charge in [0.15, 0.2) is 0 Å². The Hall–Kier alpha value is -2.47. The first-order chi connectivity index (χ1) is 12.4. The van der Waals surface area contributed by atoms with Crippen LogP contribution in [0.3, 0.4) is 0 Å². The van der Waals surface area contributed by atoms with Crippen molar-refractivity contribution < 1.29 is 8.83 Å². The van der Waals surface area contributed by atoms with Gasteiger partial charge in [0.25, 0.3) is 0 Å². The van der Waals surface area contributed by atoms with E-state index in [9.17, 15) is 0 Å². The Balaban J connectivity index is 1.64. The summed E-state index contributed by atoms with van der Waals surface area (Å²) < 4.78 is 11.8. The maximum absolute atomic E-state index is 6.01. The minimum absolute atomic E-state index is 0.0242. The van der Waals surface area contributed by atoms with Crippen LogP contribution in [0.15, 0.2) is 39.3 Å². The lowest BCUT2D eigenvalue weighted by atomic mass is 9.94. The smallest absolute Gasteiger partial charge is 0.233 e. The van der Waals surface area contributed by atoms with Crippen LogP contribution in [0.25, 0.3) is 0 Å². The highest BCUT2D eigenvalue weighted by molar-refractivity contribution is 5.30. The minimum atomic E-state index is -0.0528. The largest absolute Gasteiger partial charge is 0.444 e. The van der Waals surface area contributed by atoms with Crippen LogP contribution in [-0.4, -0.2) is 20.1 Å². The summed E-state index contributed by atoms with van der Waals surface area (Å²) in [7, 11) is 0. The second-order valence-electron chi connectivity index (χ2n) is 7.92. The minimum Gasteiger partial charge on any atom is -0.444 e. The number of hydrogen-bond acceptors (Lipinski definition) is 6. The van der Waals surface area contributed by atoms with Gasteiger partial charge in [-0.3, -0.25) is 4.90 Å². The number of aromatic nitrogens is 3. The van der Waals surface area contributed by atoms with Crippen molar-refractivity contribution in [3.05, 3.63) is 65.0 Å². The van der Waals surface area contributed by atoms with Gasteiger partial charge in [-0.15, -0.1) is 10.2 Å². The summed E-state index contributed by atoms with van der Waals surface area (Å²) in [4.78, 5) is 6.79. The summed E-state index contributed by atoms with van der Waals surface area (Å²) in [5.74, 6) is 2.86. The average Bonchev–Trinajstić information content (AvgIpc) is 3.23. The summed E-state index contributed by atoms with van der Waals surface area (Å²) in [5.41, 5.74) is 2.60. The van der Waals surface area contributed by atoms with Gasteiger partial charge in [-0.2, -0.15) is 0 Å². The van der Waals surface area contributed by atoms with Gasteiger partial charge >= 0.3 is 0 Å². The zero-order valence-corrected chi connectivity index (χ0v) is 15.7. The summed E-state index contributed by atoms with van der Waals surface area (Å²) in [5, 5.41) is 8.28. The Morgan fingerprint density at radius 2 is 1.88 bits per heavy atom. The molecule has 4 rings (SSSR count). The molecule has 0 unspecified atom stereocenters. The fourth-order valence-electron chi connectivity index (χ4n) is 3.34. The molecule has 26 heavy (non-hydrogen) atoms. The SMILES string of the molecule is Cc1nnc([C@@H]2Cc3ccccc3CN2Cc2ncc(C(C)(C)C)o2)o1. The van der Waals surface area contributed by atoms with Gasteiger partial charge in [-0.05, 0) is 17.5 Å². The summed E-state index contributed by atoms with van der Waals surface area (Å²) >= 11 is 0. The van der Waals surface area contributed by atoms with E-state index in [2.05, 4.69) is 65.1 Å². The van der Waals surface area contributed by atoms with E-state index in [0.29, 0.717) is 18.3 Å². The van der Waals surface area contributed by atoms with Crippen LogP contribution in [0.4, 0.5) is 0 Å². The number of rotatable bonds is 3. The molecule has 136 valence electrons. The summed E-state index contributed by atoms with van der Waals surface area (Å²) in [6, 6.07) is 8.53. The first-order valence-corrected chi connectivity index (χ1v) is 8.96. The predicted molar refractivity (Wildman–Crippen MR) is 96.4 cm³/mol. The van der Waals surface area contributed by atoms with Crippen molar-refractivity contribution in [1.82, 2.24) is 20.1 Å². The Kier molecular flexibility index (Phi) is 4.15. The van der Waals surface area contributed by atoms with Gasteiger partial charge < -0.3 is 8.83 Å². The maximum atomic E-state index is 6.01. The number of oxazole rings is 1. The highest BCUT2D eigenvalue weighted by Gasteiger charge is 2.32. The fraction of sp³-hybridized carbons (Fsp3) is 0.450. The molecule has 0 saturated heterocycles. The third-order valence-corrected chi connectivity index (χ3v) is 4.80. The van der Waals surface area contributed by atoms with Crippen molar-refractivity contribution in [1.29, 1.82) is 0 Å². The van der Waals surface area contributed by atoms with Gasteiger partial charge in [-0.25, -0.2) is 4.98 Å². The highest BCUT2D eigenvalue weighted by Crippen LogP contribution is 2.34. The lowest BCUT2D eigenvalue weighted by Crippen LogP contribution is -2.34. The molecule has 0 aliphatic carbocycles. The van der Waals surface area contributed by atoms with E-state index in [1.807, 2.05) is 13.1 Å². The Morgan fingerprint density at radius 3 is 2.54 bits per heavy atom. The normalized spacial score (nSPS) is 18.1. The van der Waals surface area contributed by atoms with Crippen molar-refractivity contribution in [2.45, 2.75) is 58.7 Å². The van der Waals surface area contributed by atoms with Crippen LogP contribution >= 0.6 is 0 Å². The number of nitrogens with zero attached hydrogens (tertiary/aromatic N) is 4. The summed E-state index contributed by atoms with van der Waals surface area (Å²) in [6.07, 6.45) is 2.67. The predicted octanol–water partition coefficient (Wildman–Crippen LogP) is 3.96. The third-order valence-electron chi connectivity index (χ3n) is 4.80. The number of benzene rings is 1. The lowest BCUT2D eigenvalue weighted by Gasteiger charge is -2.34. The van der Waals surface area contributed by atoms with Crippen molar-refractivity contribution in [2.24, 2.45) is 0 Å². The third kappa shape index (κ3) is 3.29. The molecule has 6 heteroatoms. The Bertz CT molecular complexity index is 906. The first kappa shape index (κ1) is 17.0. The molecule has 1 aliphatic heterocycles. The molecule has 6 nitrogen and oxygen atoms in total. The second kappa shape index (κ2) is 6.36. The monoisotopic (exact) mass is 352 g/mol. The van der Waals surface area contributed by atoms with Gasteiger partial charge in [0.1, 0.15) is 5.76 Å². The van der Waals surface area contributed by atoms with Crippen LogP contribution < -0.4 is 0 Å². The van der Waals surface area contributed by atoms with E-state index < -0.39 is 0 Å². The van der Waals surface area contributed by atoms with Gasteiger partial charge in [0, 0.05) is 18.9 Å². The molecule has 0 bridgehead atoms. The van der Waals surface area contributed by atoms with E-state index in [1.54, 1.807) is 0 Å². The molecular formula is C20H24N4O2. The highest BCUT2D eigenvalue weighted by atomic mass is 16.4. The van der Waals surface area contributed by atoms with E-state index in [0.717, 1.165) is 24.6 Å². The number of hydrogen-bond donors (Lipinski definition) is 0. The van der Waals surface area contributed by atoms with Crippen LogP contribution in [0.2, 0.25) is 0 Å². The molecule has 1 aliphatic rings. The van der Waals surface area contributed by atoms with Crippen molar-refractivity contribution in [3.63, 3.8) is 0 Å². The molecule has 0 amide bonds. The Labute approximate surface area is 153 Å². The van der Waals surface area contributed by atoms with Gasteiger partial charge in [0.2, 0.25) is 17.7 Å². The first-order valence-electron chi connectivity index (χ1n) is 8.96. The molecular weight excluding hydrogens is 328 g/mol. The molecule has 0 N–H and O–H groups in total. The molecule has 0 spiro atoms. The van der Waals surface area contributed by atoms with Crippen molar-refractivity contribution in [2.75, 3.05) is 0 Å². The molecule has 1 atom stereocenters. The van der Waals surface area contributed by atoms with Crippen LogP contribution in [0.1, 0.15) is 61.4 Å². The molecule has 0 saturated carbocycles. The molecule has 3 aromatic rings. The standard InChI is InChI=1S/C20H24N4O2/c1-13-22-23-19(25-13)16-9-14-7-5-6-8-15(14)11-24(16)12-18-21-10-17(26-18)20(2,3)4/h5-8,10,16H,9,11-12H2,1-4H3/t16-/m0/s1. The van der Waals surface area contributed by atoms with E-state index >= 15 is 0 Å². The quantitative estimate of drug-likeness (QED) is 0.711. The van der Waals surface area contributed by atoms with Crippen molar-refractivity contribution in [3.8, 4) is 0 Å². The molecule has 0 radical (unpaired) electrons. The van der Waals surface area contributed by atoms with E-state index in [4.69, 9.17) is 8.83 Å². The van der Waals surface area contributed by atoms with Crippen molar-refractivity contribution >= 4 is 0 Å². The van der Waals surface area contributed by atoms with E-state index in [-0.39, 0.29) is 11.5 Å². The van der Waals surface area contributed by atoms with Gasteiger partial charge in [0.05, 0.1) is 18.8 Å². The van der Waals surface area contributed by atoms with Crippen LogP contribution in [0, 0.1) is 6.92 Å². The average molecular weight is 352 g/mol. The zero-order chi connectivity index (χ0) is 18.3. The van der Waals surface area contributed by atoms with Crippen LogP contribution in [-0.2, 0) is 24.9 Å². The zero-order valence-electron chi connectivity index (χ0n) is 15.7. The Morgan fingerprint density at radius 1 is 1.12 bits per heavy atom. The fourth-order valence-corrected chi connectivity index (χ4v) is 3.34. The molecule has 1 aromatic carbocycles. The second-order valence-corrected chi connectivity index (χ2v) is 7.92. The van der Waals surface area contributed by atoms with Gasteiger partial charge in [-0.1, -0.05) is 45.0 Å². The summed E-state index contributed by atoms with van der Waals surface area (Å²) in [6.45, 7) is 9.60. The molecule has 3 heterocycles.